The van der Waals surface area contributed by atoms with Crippen LogP contribution in [0.4, 0.5) is 0 Å². The van der Waals surface area contributed by atoms with Crippen molar-refractivity contribution in [2.24, 2.45) is 5.92 Å². The van der Waals surface area contributed by atoms with E-state index in [9.17, 15) is 14.4 Å². The standard InChI is InChI=1S/C10H15NO4/c1-10(2,3)15-9(14)6-4-5-11-8(13)7(6)12/h6H,4-5H2,1-3H3,(H,11,13). The number of amides is 1. The van der Waals surface area contributed by atoms with Crippen LogP contribution < -0.4 is 5.32 Å². The van der Waals surface area contributed by atoms with E-state index in [1.54, 1.807) is 20.8 Å². The minimum Gasteiger partial charge on any atom is -0.459 e. The lowest BCUT2D eigenvalue weighted by atomic mass is 9.96. The molecule has 15 heavy (non-hydrogen) atoms. The lowest BCUT2D eigenvalue weighted by molar-refractivity contribution is -0.165. The summed E-state index contributed by atoms with van der Waals surface area (Å²) in [6.45, 7) is 5.50. The van der Waals surface area contributed by atoms with Crippen molar-refractivity contribution in [2.45, 2.75) is 32.8 Å². The second kappa shape index (κ2) is 4.00. The Hall–Kier alpha value is -1.39. The van der Waals surface area contributed by atoms with Gasteiger partial charge in [0.25, 0.3) is 5.91 Å². The average Bonchev–Trinajstić information content (AvgIpc) is 2.06. The van der Waals surface area contributed by atoms with Gasteiger partial charge in [0.1, 0.15) is 11.5 Å². The van der Waals surface area contributed by atoms with Crippen LogP contribution in [0.15, 0.2) is 0 Å². The van der Waals surface area contributed by atoms with Crippen LogP contribution in [0.3, 0.4) is 0 Å². The Balaban J connectivity index is 2.67. The lowest BCUT2D eigenvalue weighted by Crippen LogP contribution is -2.47. The third kappa shape index (κ3) is 3.04. The van der Waals surface area contributed by atoms with E-state index in [1.807, 2.05) is 0 Å². The van der Waals surface area contributed by atoms with Crippen LogP contribution in [-0.4, -0.2) is 29.8 Å². The van der Waals surface area contributed by atoms with Gasteiger partial charge >= 0.3 is 5.97 Å². The van der Waals surface area contributed by atoms with Crippen molar-refractivity contribution < 1.29 is 19.1 Å². The Kier molecular flexibility index (Phi) is 3.12. The normalized spacial score (nSPS) is 22.2. The summed E-state index contributed by atoms with van der Waals surface area (Å²) in [5, 5.41) is 2.38. The predicted octanol–water partition coefficient (Wildman–Crippen LogP) is 0.0333. The van der Waals surface area contributed by atoms with Crippen LogP contribution in [0.5, 0.6) is 0 Å². The molecule has 1 heterocycles. The third-order valence-electron chi connectivity index (χ3n) is 1.95. The number of ether oxygens (including phenoxy) is 1. The zero-order valence-corrected chi connectivity index (χ0v) is 9.12. The summed E-state index contributed by atoms with van der Waals surface area (Å²) in [4.78, 5) is 33.9. The molecule has 0 spiro atoms. The summed E-state index contributed by atoms with van der Waals surface area (Å²) in [5.41, 5.74) is -0.634. The number of Topliss-reactive ketones (excluding diaryl/α,β-unsaturated/α-hetero) is 1. The molecule has 1 saturated heterocycles. The summed E-state index contributed by atoms with van der Waals surface area (Å²) >= 11 is 0. The van der Waals surface area contributed by atoms with Crippen LogP contribution >= 0.6 is 0 Å². The fourth-order valence-corrected chi connectivity index (χ4v) is 1.30. The van der Waals surface area contributed by atoms with Crippen LogP contribution in [0.25, 0.3) is 0 Å². The minimum atomic E-state index is -0.932. The molecule has 1 unspecified atom stereocenters. The van der Waals surface area contributed by atoms with Gasteiger partial charge in [-0.3, -0.25) is 14.4 Å². The highest BCUT2D eigenvalue weighted by Crippen LogP contribution is 2.16. The van der Waals surface area contributed by atoms with Crippen molar-refractivity contribution in [1.29, 1.82) is 0 Å². The second-order valence-electron chi connectivity index (χ2n) is 4.49. The molecule has 0 radical (unpaired) electrons. The van der Waals surface area contributed by atoms with Crippen LogP contribution in [0, 0.1) is 5.92 Å². The van der Waals surface area contributed by atoms with Crippen molar-refractivity contribution in [3.63, 3.8) is 0 Å². The zero-order chi connectivity index (χ0) is 11.6. The zero-order valence-electron chi connectivity index (χ0n) is 9.12. The van der Waals surface area contributed by atoms with Crippen molar-refractivity contribution >= 4 is 17.7 Å². The van der Waals surface area contributed by atoms with Crippen LogP contribution in [0.1, 0.15) is 27.2 Å². The fraction of sp³-hybridized carbons (Fsp3) is 0.700. The molecule has 1 amide bonds. The summed E-state index contributed by atoms with van der Waals surface area (Å²) in [6.07, 6.45) is 0.319. The molecule has 1 atom stereocenters. The van der Waals surface area contributed by atoms with Crippen molar-refractivity contribution in [3.05, 3.63) is 0 Å². The van der Waals surface area contributed by atoms with E-state index in [0.717, 1.165) is 0 Å². The number of hydrogen-bond acceptors (Lipinski definition) is 4. The molecule has 1 aliphatic rings. The van der Waals surface area contributed by atoms with Gasteiger partial charge in [-0.05, 0) is 27.2 Å². The predicted molar refractivity (Wildman–Crippen MR) is 52.0 cm³/mol. The van der Waals surface area contributed by atoms with Gasteiger partial charge in [-0.15, -0.1) is 0 Å². The Morgan fingerprint density at radius 3 is 2.53 bits per heavy atom. The summed E-state index contributed by atoms with van der Waals surface area (Å²) in [7, 11) is 0. The number of nitrogens with one attached hydrogen (secondary N) is 1. The highest BCUT2D eigenvalue weighted by Gasteiger charge is 2.37. The molecular weight excluding hydrogens is 198 g/mol. The number of piperidine rings is 1. The van der Waals surface area contributed by atoms with E-state index in [-0.39, 0.29) is 0 Å². The number of carbonyl (C=O) groups excluding carboxylic acids is 3. The molecule has 0 saturated carbocycles. The first-order valence-corrected chi connectivity index (χ1v) is 4.86. The third-order valence-corrected chi connectivity index (χ3v) is 1.95. The number of carbonyl (C=O) groups is 3. The molecule has 1 N–H and O–H groups in total. The molecule has 84 valence electrons. The van der Waals surface area contributed by atoms with Gasteiger partial charge in [0, 0.05) is 6.54 Å². The molecule has 5 heteroatoms. The van der Waals surface area contributed by atoms with Gasteiger partial charge in [-0.2, -0.15) is 0 Å². The molecule has 0 aromatic carbocycles. The van der Waals surface area contributed by atoms with Gasteiger partial charge in [0.15, 0.2) is 0 Å². The van der Waals surface area contributed by atoms with Gasteiger partial charge in [-0.25, -0.2) is 0 Å². The van der Waals surface area contributed by atoms with E-state index >= 15 is 0 Å². The largest absolute Gasteiger partial charge is 0.459 e. The summed E-state index contributed by atoms with van der Waals surface area (Å²) < 4.78 is 5.06. The van der Waals surface area contributed by atoms with Gasteiger partial charge < -0.3 is 10.1 Å². The molecule has 1 fully saturated rings. The van der Waals surface area contributed by atoms with Crippen molar-refractivity contribution in [3.8, 4) is 0 Å². The monoisotopic (exact) mass is 213 g/mol. The molecule has 1 aliphatic heterocycles. The highest BCUT2D eigenvalue weighted by molar-refractivity contribution is 6.40. The van der Waals surface area contributed by atoms with E-state index in [4.69, 9.17) is 4.74 Å². The first-order valence-electron chi connectivity index (χ1n) is 4.86. The van der Waals surface area contributed by atoms with Crippen LogP contribution in [0.2, 0.25) is 0 Å². The maximum atomic E-state index is 11.5. The average molecular weight is 213 g/mol. The Labute approximate surface area is 88.2 Å². The number of hydrogen-bond donors (Lipinski definition) is 1. The SMILES string of the molecule is CC(C)(C)OC(=O)C1CCNC(=O)C1=O. The number of esters is 1. The second-order valence-corrected chi connectivity index (χ2v) is 4.49. The molecule has 1 rings (SSSR count). The van der Waals surface area contributed by atoms with Crippen LogP contribution in [-0.2, 0) is 19.1 Å². The number of ketones is 1. The highest BCUT2D eigenvalue weighted by atomic mass is 16.6. The number of rotatable bonds is 1. The molecule has 5 nitrogen and oxygen atoms in total. The van der Waals surface area contributed by atoms with Gasteiger partial charge in [0.05, 0.1) is 0 Å². The Bertz CT molecular complexity index is 303. The molecule has 0 bridgehead atoms. The minimum absolute atomic E-state index is 0.319. The molecular formula is C10H15NO4. The van der Waals surface area contributed by atoms with Gasteiger partial charge in [-0.1, -0.05) is 0 Å². The van der Waals surface area contributed by atoms with E-state index in [0.29, 0.717) is 13.0 Å². The fourth-order valence-electron chi connectivity index (χ4n) is 1.30. The first-order chi connectivity index (χ1) is 6.81. The molecule has 0 aromatic rings. The van der Waals surface area contributed by atoms with E-state index < -0.39 is 29.2 Å². The van der Waals surface area contributed by atoms with Crippen molar-refractivity contribution in [2.75, 3.05) is 6.54 Å². The van der Waals surface area contributed by atoms with Gasteiger partial charge in [0.2, 0.25) is 5.78 Å². The maximum Gasteiger partial charge on any atom is 0.317 e. The first kappa shape index (κ1) is 11.7. The van der Waals surface area contributed by atoms with Crippen molar-refractivity contribution in [1.82, 2.24) is 5.32 Å². The Morgan fingerprint density at radius 2 is 2.00 bits per heavy atom. The Morgan fingerprint density at radius 1 is 1.40 bits per heavy atom. The molecule has 0 aromatic heterocycles. The van der Waals surface area contributed by atoms with E-state index in [2.05, 4.69) is 5.32 Å². The molecule has 0 aliphatic carbocycles. The lowest BCUT2D eigenvalue weighted by Gasteiger charge is -2.25. The quantitative estimate of drug-likeness (QED) is 0.379. The smallest absolute Gasteiger partial charge is 0.317 e. The van der Waals surface area contributed by atoms with E-state index in [1.165, 1.54) is 0 Å². The maximum absolute atomic E-state index is 11.5. The summed E-state index contributed by atoms with van der Waals surface area (Å²) in [6, 6.07) is 0. The topological polar surface area (TPSA) is 72.5 Å². The summed E-state index contributed by atoms with van der Waals surface area (Å²) in [5.74, 6) is -2.94.